The van der Waals surface area contributed by atoms with Crippen LogP contribution < -0.4 is 5.73 Å². The van der Waals surface area contributed by atoms with Gasteiger partial charge in [-0.2, -0.15) is 0 Å². The average Bonchev–Trinajstić information content (AvgIpc) is 2.84. The molecular weight excluding hydrogens is 196 g/mol. The predicted octanol–water partition coefficient (Wildman–Crippen LogP) is -0.300. The third-order valence-corrected chi connectivity index (χ3v) is 1.99. The SMILES string of the molecule is Cn1ccnc1-n1ccnc1C(N)=NO. The molecule has 0 saturated heterocycles. The standard InChI is InChI=1S/C8H10N6O/c1-13-4-2-11-8(13)14-5-3-10-7(14)6(9)12-15/h2-5,15H,1H3,(H2,9,12). The number of rotatable bonds is 2. The molecule has 0 fully saturated rings. The van der Waals surface area contributed by atoms with Crippen molar-refractivity contribution in [2.75, 3.05) is 0 Å². The Balaban J connectivity index is 2.55. The number of aryl methyl sites for hydroxylation is 1. The van der Waals surface area contributed by atoms with E-state index >= 15 is 0 Å². The van der Waals surface area contributed by atoms with Gasteiger partial charge >= 0.3 is 0 Å². The zero-order valence-electron chi connectivity index (χ0n) is 8.07. The Kier molecular flexibility index (Phi) is 2.13. The molecule has 2 heterocycles. The number of hydrogen-bond donors (Lipinski definition) is 2. The summed E-state index contributed by atoms with van der Waals surface area (Å²) < 4.78 is 3.44. The smallest absolute Gasteiger partial charge is 0.215 e. The molecular formula is C8H10N6O. The van der Waals surface area contributed by atoms with Crippen LogP contribution in [0.3, 0.4) is 0 Å². The van der Waals surface area contributed by atoms with Crippen LogP contribution in [0.15, 0.2) is 29.9 Å². The van der Waals surface area contributed by atoms with Crippen molar-refractivity contribution in [3.8, 4) is 5.95 Å². The van der Waals surface area contributed by atoms with Gasteiger partial charge < -0.3 is 15.5 Å². The Hall–Kier alpha value is -2.31. The monoisotopic (exact) mass is 206 g/mol. The van der Waals surface area contributed by atoms with Crippen molar-refractivity contribution in [3.63, 3.8) is 0 Å². The highest BCUT2D eigenvalue weighted by Crippen LogP contribution is 2.06. The largest absolute Gasteiger partial charge is 0.409 e. The van der Waals surface area contributed by atoms with E-state index in [4.69, 9.17) is 10.9 Å². The first-order valence-corrected chi connectivity index (χ1v) is 4.23. The maximum atomic E-state index is 8.58. The van der Waals surface area contributed by atoms with Crippen LogP contribution in [0.4, 0.5) is 0 Å². The highest BCUT2D eigenvalue weighted by molar-refractivity contribution is 5.94. The second kappa shape index (κ2) is 3.45. The predicted molar refractivity (Wildman–Crippen MR) is 52.8 cm³/mol. The molecule has 7 heteroatoms. The van der Waals surface area contributed by atoms with Crippen molar-refractivity contribution in [1.82, 2.24) is 19.1 Å². The van der Waals surface area contributed by atoms with Gasteiger partial charge in [0.15, 0.2) is 5.82 Å². The molecule has 0 amide bonds. The quantitative estimate of drug-likeness (QED) is 0.305. The number of imidazole rings is 2. The van der Waals surface area contributed by atoms with Crippen molar-refractivity contribution < 1.29 is 5.21 Å². The summed E-state index contributed by atoms with van der Waals surface area (Å²) in [5.41, 5.74) is 5.48. The minimum Gasteiger partial charge on any atom is -0.409 e. The summed E-state index contributed by atoms with van der Waals surface area (Å²) in [4.78, 5) is 8.11. The van der Waals surface area contributed by atoms with Crippen molar-refractivity contribution >= 4 is 5.84 Å². The molecule has 78 valence electrons. The van der Waals surface area contributed by atoms with E-state index in [9.17, 15) is 0 Å². The molecule has 2 aromatic heterocycles. The summed E-state index contributed by atoms with van der Waals surface area (Å²) in [7, 11) is 1.85. The molecule has 0 radical (unpaired) electrons. The lowest BCUT2D eigenvalue weighted by atomic mass is 10.5. The van der Waals surface area contributed by atoms with Crippen LogP contribution in [0.5, 0.6) is 0 Å². The minimum absolute atomic E-state index is 0.0528. The van der Waals surface area contributed by atoms with Crippen LogP contribution in [-0.4, -0.2) is 30.1 Å². The van der Waals surface area contributed by atoms with Gasteiger partial charge in [0.2, 0.25) is 11.8 Å². The van der Waals surface area contributed by atoms with Crippen LogP contribution in [-0.2, 0) is 7.05 Å². The number of amidine groups is 1. The zero-order valence-corrected chi connectivity index (χ0v) is 8.07. The van der Waals surface area contributed by atoms with Crippen molar-refractivity contribution in [2.24, 2.45) is 17.9 Å². The number of oxime groups is 1. The van der Waals surface area contributed by atoms with Gasteiger partial charge in [-0.25, -0.2) is 9.97 Å². The zero-order chi connectivity index (χ0) is 10.8. The Bertz CT molecular complexity index is 497. The normalized spacial score (nSPS) is 11.9. The molecule has 7 nitrogen and oxygen atoms in total. The van der Waals surface area contributed by atoms with E-state index in [-0.39, 0.29) is 5.84 Å². The fraction of sp³-hybridized carbons (Fsp3) is 0.125. The maximum absolute atomic E-state index is 8.58. The van der Waals surface area contributed by atoms with E-state index in [0.717, 1.165) is 0 Å². The molecule has 0 spiro atoms. The first kappa shape index (κ1) is 9.25. The van der Waals surface area contributed by atoms with Gasteiger partial charge in [-0.3, -0.25) is 4.57 Å². The van der Waals surface area contributed by atoms with Gasteiger partial charge in [0.1, 0.15) is 0 Å². The van der Waals surface area contributed by atoms with Crippen molar-refractivity contribution in [2.45, 2.75) is 0 Å². The summed E-state index contributed by atoms with van der Waals surface area (Å²) in [6, 6.07) is 0. The van der Waals surface area contributed by atoms with Crippen LogP contribution >= 0.6 is 0 Å². The number of aromatic nitrogens is 4. The fourth-order valence-corrected chi connectivity index (χ4v) is 1.29. The van der Waals surface area contributed by atoms with Crippen LogP contribution in [0, 0.1) is 0 Å². The van der Waals surface area contributed by atoms with Crippen molar-refractivity contribution in [3.05, 3.63) is 30.6 Å². The number of nitrogens with two attached hydrogens (primary N) is 1. The third kappa shape index (κ3) is 1.43. The maximum Gasteiger partial charge on any atom is 0.215 e. The lowest BCUT2D eigenvalue weighted by molar-refractivity contribution is 0.318. The molecule has 2 aromatic rings. The molecule has 2 rings (SSSR count). The second-order valence-corrected chi connectivity index (χ2v) is 2.94. The minimum atomic E-state index is -0.0528. The highest BCUT2D eigenvalue weighted by atomic mass is 16.4. The lowest BCUT2D eigenvalue weighted by Gasteiger charge is -2.05. The summed E-state index contributed by atoms with van der Waals surface area (Å²) in [6.07, 6.45) is 6.70. The van der Waals surface area contributed by atoms with E-state index in [1.165, 1.54) is 0 Å². The second-order valence-electron chi connectivity index (χ2n) is 2.94. The summed E-state index contributed by atoms with van der Waals surface area (Å²) in [5, 5.41) is 11.5. The third-order valence-electron chi connectivity index (χ3n) is 1.99. The Morgan fingerprint density at radius 2 is 2.13 bits per heavy atom. The van der Waals surface area contributed by atoms with E-state index < -0.39 is 0 Å². The number of hydrogen-bond acceptors (Lipinski definition) is 4. The first-order valence-electron chi connectivity index (χ1n) is 4.23. The molecule has 15 heavy (non-hydrogen) atoms. The van der Waals surface area contributed by atoms with Crippen molar-refractivity contribution in [1.29, 1.82) is 0 Å². The summed E-state index contributed by atoms with van der Waals surface area (Å²) in [6.45, 7) is 0. The molecule has 0 aromatic carbocycles. The summed E-state index contributed by atoms with van der Waals surface area (Å²) >= 11 is 0. The van der Waals surface area contributed by atoms with Gasteiger partial charge in [-0.05, 0) is 0 Å². The molecule has 0 unspecified atom stereocenters. The van der Waals surface area contributed by atoms with Crippen LogP contribution in [0.2, 0.25) is 0 Å². The van der Waals surface area contributed by atoms with Crippen LogP contribution in [0.1, 0.15) is 5.82 Å². The molecule has 0 atom stereocenters. The highest BCUT2D eigenvalue weighted by Gasteiger charge is 2.11. The van der Waals surface area contributed by atoms with Gasteiger partial charge in [-0.15, -0.1) is 0 Å². The van der Waals surface area contributed by atoms with E-state index in [2.05, 4.69) is 15.1 Å². The topological polar surface area (TPSA) is 94.2 Å². The Morgan fingerprint density at radius 3 is 2.73 bits per heavy atom. The molecule has 3 N–H and O–H groups in total. The molecule has 0 aliphatic heterocycles. The summed E-state index contributed by atoms with van der Waals surface area (Å²) in [5.74, 6) is 0.948. The van der Waals surface area contributed by atoms with Gasteiger partial charge in [0.25, 0.3) is 0 Å². The molecule has 0 saturated carbocycles. The molecule has 0 bridgehead atoms. The van der Waals surface area contributed by atoms with E-state index in [0.29, 0.717) is 11.8 Å². The van der Waals surface area contributed by atoms with Gasteiger partial charge in [-0.1, -0.05) is 5.16 Å². The van der Waals surface area contributed by atoms with E-state index in [1.54, 1.807) is 33.9 Å². The molecule has 0 aliphatic carbocycles. The molecule has 0 aliphatic rings. The average molecular weight is 206 g/mol. The van der Waals surface area contributed by atoms with Gasteiger partial charge in [0, 0.05) is 31.8 Å². The Labute approximate surface area is 85.5 Å². The van der Waals surface area contributed by atoms with Crippen LogP contribution in [0.25, 0.3) is 5.95 Å². The van der Waals surface area contributed by atoms with Gasteiger partial charge in [0.05, 0.1) is 0 Å². The lowest BCUT2D eigenvalue weighted by Crippen LogP contribution is -2.20. The van der Waals surface area contributed by atoms with E-state index in [1.807, 2.05) is 7.05 Å². The number of nitrogens with zero attached hydrogens (tertiary/aromatic N) is 5. The first-order chi connectivity index (χ1) is 7.24. The fourth-order valence-electron chi connectivity index (χ4n) is 1.29. The Morgan fingerprint density at radius 1 is 1.40 bits per heavy atom.